The first-order valence-corrected chi connectivity index (χ1v) is 4.07. The molecule has 0 aliphatic carbocycles. The van der Waals surface area contributed by atoms with E-state index in [1.807, 2.05) is 0 Å². The highest BCUT2D eigenvalue weighted by molar-refractivity contribution is 6.36. The number of hydrogen-bond acceptors (Lipinski definition) is 2. The summed E-state index contributed by atoms with van der Waals surface area (Å²) in [7, 11) is 0. The van der Waals surface area contributed by atoms with Crippen LogP contribution in [0.15, 0.2) is 0 Å². The molecule has 0 atom stereocenters. The second-order valence-corrected chi connectivity index (χ2v) is 3.27. The Morgan fingerprint density at radius 2 is 1.82 bits per heavy atom. The van der Waals surface area contributed by atoms with Crippen LogP contribution in [0.25, 0.3) is 0 Å². The van der Waals surface area contributed by atoms with Gasteiger partial charge in [0.1, 0.15) is 0 Å². The van der Waals surface area contributed by atoms with Gasteiger partial charge in [-0.3, -0.25) is 9.59 Å². The highest BCUT2D eigenvalue weighted by atomic mass is 16.2. The van der Waals surface area contributed by atoms with Crippen LogP contribution in [0.1, 0.15) is 40.0 Å². The van der Waals surface area contributed by atoms with Crippen molar-refractivity contribution in [2.75, 3.05) is 0 Å². The van der Waals surface area contributed by atoms with Gasteiger partial charge < -0.3 is 0 Å². The number of carbonyl (C=O) groups excluding carboxylic acids is 2. The first-order chi connectivity index (χ1) is 5.04. The van der Waals surface area contributed by atoms with Gasteiger partial charge in [0.05, 0.1) is 0 Å². The number of hydrogen-bond donors (Lipinski definition) is 0. The average Bonchev–Trinajstić information content (AvgIpc) is 1.86. The van der Waals surface area contributed by atoms with Crippen molar-refractivity contribution in [3.63, 3.8) is 0 Å². The third-order valence-electron chi connectivity index (χ3n) is 1.58. The molecule has 0 amide bonds. The van der Waals surface area contributed by atoms with E-state index in [2.05, 4.69) is 13.8 Å². The van der Waals surface area contributed by atoms with Crippen LogP contribution in [0.2, 0.25) is 0 Å². The SMILES string of the molecule is CC(=O)C(=O)CCCC(C)C. The lowest BCUT2D eigenvalue weighted by Crippen LogP contribution is -2.08. The lowest BCUT2D eigenvalue weighted by atomic mass is 10.0. The van der Waals surface area contributed by atoms with Gasteiger partial charge in [0.25, 0.3) is 0 Å². The van der Waals surface area contributed by atoms with E-state index < -0.39 is 0 Å². The molecule has 2 nitrogen and oxygen atoms in total. The molecular formula is C9H16O2. The van der Waals surface area contributed by atoms with Crippen LogP contribution in [0.5, 0.6) is 0 Å². The summed E-state index contributed by atoms with van der Waals surface area (Å²) < 4.78 is 0. The minimum atomic E-state index is -0.311. The number of Topliss-reactive ketones (excluding diaryl/α,β-unsaturated/α-hetero) is 2. The molecule has 0 N–H and O–H groups in total. The molecule has 0 fully saturated rings. The molecule has 0 aromatic carbocycles. The third kappa shape index (κ3) is 5.77. The van der Waals surface area contributed by atoms with Gasteiger partial charge in [0, 0.05) is 13.3 Å². The smallest absolute Gasteiger partial charge is 0.198 e. The zero-order chi connectivity index (χ0) is 8.85. The first-order valence-electron chi connectivity index (χ1n) is 4.07. The summed E-state index contributed by atoms with van der Waals surface area (Å²) in [5.41, 5.74) is 0. The number of carbonyl (C=O) groups is 2. The summed E-state index contributed by atoms with van der Waals surface area (Å²) >= 11 is 0. The largest absolute Gasteiger partial charge is 0.291 e. The molecule has 0 aliphatic rings. The molecule has 0 bridgehead atoms. The molecule has 0 saturated heterocycles. The predicted octanol–water partition coefficient (Wildman–Crippen LogP) is 1.97. The van der Waals surface area contributed by atoms with Crippen LogP contribution in [0, 0.1) is 5.92 Å². The highest BCUT2D eigenvalue weighted by Gasteiger charge is 2.06. The van der Waals surface area contributed by atoms with E-state index in [0.29, 0.717) is 12.3 Å². The maximum absolute atomic E-state index is 10.8. The highest BCUT2D eigenvalue weighted by Crippen LogP contribution is 2.06. The normalized spacial score (nSPS) is 10.2. The molecule has 2 heteroatoms. The van der Waals surface area contributed by atoms with E-state index in [1.54, 1.807) is 0 Å². The van der Waals surface area contributed by atoms with Crippen molar-refractivity contribution in [2.45, 2.75) is 40.0 Å². The van der Waals surface area contributed by atoms with Gasteiger partial charge in [-0.15, -0.1) is 0 Å². The minimum Gasteiger partial charge on any atom is -0.291 e. The topological polar surface area (TPSA) is 34.1 Å². The van der Waals surface area contributed by atoms with Crippen LogP contribution >= 0.6 is 0 Å². The fourth-order valence-electron chi connectivity index (χ4n) is 0.847. The predicted molar refractivity (Wildman–Crippen MR) is 44.4 cm³/mol. The van der Waals surface area contributed by atoms with Crippen molar-refractivity contribution < 1.29 is 9.59 Å². The Bertz CT molecular complexity index is 148. The van der Waals surface area contributed by atoms with Crippen LogP contribution < -0.4 is 0 Å². The standard InChI is InChI=1S/C9H16O2/c1-7(2)5-4-6-9(11)8(3)10/h7H,4-6H2,1-3H3. The second-order valence-electron chi connectivity index (χ2n) is 3.27. The molecule has 0 aromatic heterocycles. The monoisotopic (exact) mass is 156 g/mol. The van der Waals surface area contributed by atoms with E-state index in [9.17, 15) is 9.59 Å². The molecule has 11 heavy (non-hydrogen) atoms. The third-order valence-corrected chi connectivity index (χ3v) is 1.58. The Morgan fingerprint density at radius 1 is 1.27 bits per heavy atom. The van der Waals surface area contributed by atoms with E-state index >= 15 is 0 Å². The van der Waals surface area contributed by atoms with E-state index in [-0.39, 0.29) is 11.6 Å². The lowest BCUT2D eigenvalue weighted by molar-refractivity contribution is -0.135. The van der Waals surface area contributed by atoms with Crippen molar-refractivity contribution in [1.29, 1.82) is 0 Å². The van der Waals surface area contributed by atoms with Crippen molar-refractivity contribution in [1.82, 2.24) is 0 Å². The van der Waals surface area contributed by atoms with Crippen molar-refractivity contribution in [2.24, 2.45) is 5.92 Å². The first kappa shape index (κ1) is 10.3. The van der Waals surface area contributed by atoms with Gasteiger partial charge in [-0.25, -0.2) is 0 Å². The van der Waals surface area contributed by atoms with Crippen LogP contribution in [0.3, 0.4) is 0 Å². The minimum absolute atomic E-state index is 0.231. The summed E-state index contributed by atoms with van der Waals surface area (Å²) in [6, 6.07) is 0. The Balaban J connectivity index is 3.40. The molecule has 0 rings (SSSR count). The molecule has 0 aliphatic heterocycles. The van der Waals surface area contributed by atoms with Crippen LogP contribution in [0.4, 0.5) is 0 Å². The van der Waals surface area contributed by atoms with Crippen molar-refractivity contribution >= 4 is 11.6 Å². The van der Waals surface area contributed by atoms with E-state index in [0.717, 1.165) is 12.8 Å². The fourth-order valence-corrected chi connectivity index (χ4v) is 0.847. The summed E-state index contributed by atoms with van der Waals surface area (Å²) in [5.74, 6) is 0.0779. The zero-order valence-corrected chi connectivity index (χ0v) is 7.52. The fraction of sp³-hybridized carbons (Fsp3) is 0.778. The summed E-state index contributed by atoms with van der Waals surface area (Å²) in [5, 5.41) is 0. The second kappa shape index (κ2) is 5.05. The summed E-state index contributed by atoms with van der Waals surface area (Å²) in [6.45, 7) is 5.55. The Morgan fingerprint density at radius 3 is 2.18 bits per heavy atom. The molecule has 0 saturated carbocycles. The van der Waals surface area contributed by atoms with Crippen molar-refractivity contribution in [3.8, 4) is 0 Å². The Hall–Kier alpha value is -0.660. The van der Waals surface area contributed by atoms with Crippen molar-refractivity contribution in [3.05, 3.63) is 0 Å². The van der Waals surface area contributed by atoms with Gasteiger partial charge in [0.15, 0.2) is 11.6 Å². The van der Waals surface area contributed by atoms with Gasteiger partial charge in [0.2, 0.25) is 0 Å². The maximum Gasteiger partial charge on any atom is 0.198 e. The average molecular weight is 156 g/mol. The van der Waals surface area contributed by atoms with E-state index in [4.69, 9.17) is 0 Å². The lowest BCUT2D eigenvalue weighted by Gasteiger charge is -2.01. The molecule has 0 unspecified atom stereocenters. The molecular weight excluding hydrogens is 140 g/mol. The molecule has 0 heterocycles. The molecule has 64 valence electrons. The zero-order valence-electron chi connectivity index (χ0n) is 7.52. The van der Waals surface area contributed by atoms with E-state index in [1.165, 1.54) is 6.92 Å². The van der Waals surface area contributed by atoms with Crippen LogP contribution in [-0.2, 0) is 9.59 Å². The molecule has 0 spiro atoms. The maximum atomic E-state index is 10.8. The van der Waals surface area contributed by atoms with Gasteiger partial charge in [-0.1, -0.05) is 20.3 Å². The van der Waals surface area contributed by atoms with Crippen LogP contribution in [-0.4, -0.2) is 11.6 Å². The van der Waals surface area contributed by atoms with Gasteiger partial charge >= 0.3 is 0 Å². The Kier molecular flexibility index (Phi) is 4.75. The summed E-state index contributed by atoms with van der Waals surface area (Å²) in [4.78, 5) is 21.2. The summed E-state index contributed by atoms with van der Waals surface area (Å²) in [6.07, 6.45) is 2.29. The Labute approximate surface area is 68.0 Å². The van der Waals surface area contributed by atoms with Gasteiger partial charge in [-0.05, 0) is 12.3 Å². The quantitative estimate of drug-likeness (QED) is 0.570. The molecule has 0 radical (unpaired) electrons. The van der Waals surface area contributed by atoms with Gasteiger partial charge in [-0.2, -0.15) is 0 Å². The number of rotatable bonds is 5. The molecule has 0 aromatic rings. The number of ketones is 2.